The molecule has 0 unspecified atom stereocenters. The van der Waals surface area contributed by atoms with Crippen LogP contribution in [0.3, 0.4) is 0 Å². The molecule has 2 aromatic rings. The summed E-state index contributed by atoms with van der Waals surface area (Å²) in [7, 11) is 3.25. The van der Waals surface area contributed by atoms with Crippen LogP contribution < -0.4 is 16.2 Å². The molecular weight excluding hydrogens is 284 g/mol. The molecule has 7 nitrogen and oxygen atoms in total. The number of carbonyl (C=O) groups excluding carboxylic acids is 1. The zero-order valence-electron chi connectivity index (χ0n) is 12.8. The first-order chi connectivity index (χ1) is 10.7. The monoisotopic (exact) mass is 304 g/mol. The number of ether oxygens (including phenoxy) is 1. The van der Waals surface area contributed by atoms with E-state index in [2.05, 4.69) is 15.7 Å². The molecule has 0 amide bonds. The fourth-order valence-electron chi connectivity index (χ4n) is 2.18. The van der Waals surface area contributed by atoms with Crippen LogP contribution in [0.25, 0.3) is 10.8 Å². The van der Waals surface area contributed by atoms with Crippen LogP contribution in [0, 0.1) is 0 Å². The Morgan fingerprint density at radius 3 is 2.91 bits per heavy atom. The fourth-order valence-corrected chi connectivity index (χ4v) is 2.18. The molecule has 0 saturated heterocycles. The minimum atomic E-state index is -0.162. The maximum atomic E-state index is 12.2. The lowest BCUT2D eigenvalue weighted by molar-refractivity contribution is -0.106. The third-order valence-electron chi connectivity index (χ3n) is 3.28. The number of methoxy groups -OCH3 is 1. The molecule has 1 aromatic heterocycles. The highest BCUT2D eigenvalue weighted by Crippen LogP contribution is 2.19. The van der Waals surface area contributed by atoms with E-state index >= 15 is 0 Å². The van der Waals surface area contributed by atoms with Crippen LogP contribution >= 0.6 is 0 Å². The van der Waals surface area contributed by atoms with Gasteiger partial charge in [0.05, 0.1) is 18.5 Å². The van der Waals surface area contributed by atoms with Gasteiger partial charge in [-0.05, 0) is 11.6 Å². The van der Waals surface area contributed by atoms with Crippen LogP contribution in [0.1, 0.15) is 5.56 Å². The molecule has 0 spiro atoms. The average Bonchev–Trinajstić information content (AvgIpc) is 2.53. The molecule has 118 valence electrons. The maximum Gasteiger partial charge on any atom is 0.274 e. The molecule has 7 heteroatoms. The summed E-state index contributed by atoms with van der Waals surface area (Å²) in [6, 6.07) is 5.64. The van der Waals surface area contributed by atoms with Gasteiger partial charge in [-0.25, -0.2) is 4.68 Å². The van der Waals surface area contributed by atoms with E-state index in [1.807, 2.05) is 18.2 Å². The zero-order valence-corrected chi connectivity index (χ0v) is 12.8. The van der Waals surface area contributed by atoms with Gasteiger partial charge in [0.1, 0.15) is 6.29 Å². The Morgan fingerprint density at radius 1 is 1.36 bits per heavy atom. The van der Waals surface area contributed by atoms with Crippen molar-refractivity contribution in [3.63, 3.8) is 0 Å². The van der Waals surface area contributed by atoms with Crippen molar-refractivity contribution in [1.82, 2.24) is 15.1 Å². The highest BCUT2D eigenvalue weighted by molar-refractivity contribution is 5.91. The lowest BCUT2D eigenvalue weighted by Gasteiger charge is -2.10. The van der Waals surface area contributed by atoms with Gasteiger partial charge in [-0.3, -0.25) is 4.79 Å². The Labute approximate surface area is 128 Å². The number of benzene rings is 1. The quantitative estimate of drug-likeness (QED) is 0.538. The largest absolute Gasteiger partial charge is 0.383 e. The minimum Gasteiger partial charge on any atom is -0.383 e. The summed E-state index contributed by atoms with van der Waals surface area (Å²) in [5, 5.41) is 11.6. The highest BCUT2D eigenvalue weighted by Gasteiger charge is 2.09. The maximum absolute atomic E-state index is 12.2. The molecule has 0 aliphatic rings. The molecule has 1 heterocycles. The number of nitrogens with zero attached hydrogens (tertiary/aromatic N) is 2. The minimum absolute atomic E-state index is 0.153. The van der Waals surface area contributed by atoms with Crippen molar-refractivity contribution < 1.29 is 9.53 Å². The molecule has 0 atom stereocenters. The standard InChI is InChI=1S/C15H20N4O3/c1-19-15(21)13-9-11(10-16-6-8-22-2)3-4-12(13)14(18-19)17-5-7-20/h3-4,7,9,16H,5-6,8,10H2,1-2H3,(H,17,18). The molecule has 1 aromatic carbocycles. The van der Waals surface area contributed by atoms with Crippen molar-refractivity contribution in [2.24, 2.45) is 7.05 Å². The Kier molecular flexibility index (Phi) is 5.62. The number of anilines is 1. The highest BCUT2D eigenvalue weighted by atomic mass is 16.5. The van der Waals surface area contributed by atoms with Crippen LogP contribution in [0.2, 0.25) is 0 Å². The molecule has 0 aliphatic carbocycles. The van der Waals surface area contributed by atoms with E-state index < -0.39 is 0 Å². The summed E-state index contributed by atoms with van der Waals surface area (Å²) in [6.07, 6.45) is 0.757. The lowest BCUT2D eigenvalue weighted by Crippen LogP contribution is -2.22. The van der Waals surface area contributed by atoms with Crippen LogP contribution in [0.5, 0.6) is 0 Å². The summed E-state index contributed by atoms with van der Waals surface area (Å²) in [5.41, 5.74) is 0.846. The number of hydrogen-bond acceptors (Lipinski definition) is 6. The lowest BCUT2D eigenvalue weighted by atomic mass is 10.1. The second-order valence-corrected chi connectivity index (χ2v) is 4.87. The van der Waals surface area contributed by atoms with Crippen molar-refractivity contribution in [3.8, 4) is 0 Å². The summed E-state index contributed by atoms with van der Waals surface area (Å²) >= 11 is 0. The van der Waals surface area contributed by atoms with Gasteiger partial charge in [-0.2, -0.15) is 5.10 Å². The van der Waals surface area contributed by atoms with Crippen molar-refractivity contribution >= 4 is 22.9 Å². The number of hydrogen-bond donors (Lipinski definition) is 2. The second-order valence-electron chi connectivity index (χ2n) is 4.87. The van der Waals surface area contributed by atoms with Gasteiger partial charge in [0.25, 0.3) is 5.56 Å². The Balaban J connectivity index is 2.32. The predicted octanol–water partition coefficient (Wildman–Crippen LogP) is 0.280. The molecule has 0 fully saturated rings. The number of carbonyl (C=O) groups is 1. The smallest absolute Gasteiger partial charge is 0.274 e. The van der Waals surface area contributed by atoms with E-state index in [9.17, 15) is 9.59 Å². The first kappa shape index (κ1) is 16.1. The Hall–Kier alpha value is -2.25. The number of aromatic nitrogens is 2. The van der Waals surface area contributed by atoms with Crippen LogP contribution in [0.4, 0.5) is 5.82 Å². The van der Waals surface area contributed by atoms with E-state index in [0.717, 1.165) is 18.4 Å². The van der Waals surface area contributed by atoms with Crippen LogP contribution in [-0.2, 0) is 23.1 Å². The van der Waals surface area contributed by atoms with Gasteiger partial charge in [0.15, 0.2) is 5.82 Å². The van der Waals surface area contributed by atoms with Crippen LogP contribution in [0.15, 0.2) is 23.0 Å². The summed E-state index contributed by atoms with van der Waals surface area (Å²) in [6.45, 7) is 2.19. The molecule has 0 bridgehead atoms. The van der Waals surface area contributed by atoms with Gasteiger partial charge in [0.2, 0.25) is 0 Å². The number of aldehydes is 1. The topological polar surface area (TPSA) is 85.2 Å². The van der Waals surface area contributed by atoms with E-state index in [4.69, 9.17) is 4.74 Å². The van der Waals surface area contributed by atoms with E-state index in [0.29, 0.717) is 29.7 Å². The third kappa shape index (κ3) is 3.69. The normalized spacial score (nSPS) is 10.8. The Morgan fingerprint density at radius 2 is 2.18 bits per heavy atom. The van der Waals surface area contributed by atoms with E-state index in [-0.39, 0.29) is 12.1 Å². The molecule has 2 N–H and O–H groups in total. The fraction of sp³-hybridized carbons (Fsp3) is 0.400. The van der Waals surface area contributed by atoms with Gasteiger partial charge in [0, 0.05) is 32.6 Å². The Bertz CT molecular complexity index is 712. The third-order valence-corrected chi connectivity index (χ3v) is 3.28. The summed E-state index contributed by atoms with van der Waals surface area (Å²) in [4.78, 5) is 22.8. The van der Waals surface area contributed by atoms with Crippen molar-refractivity contribution in [3.05, 3.63) is 34.1 Å². The number of aryl methyl sites for hydroxylation is 1. The molecule has 0 aliphatic heterocycles. The molecular formula is C15H20N4O3. The molecule has 2 rings (SSSR count). The number of nitrogens with one attached hydrogen (secondary N) is 2. The summed E-state index contributed by atoms with van der Waals surface area (Å²) in [5.74, 6) is 0.531. The first-order valence-corrected chi connectivity index (χ1v) is 7.04. The van der Waals surface area contributed by atoms with Gasteiger partial charge < -0.3 is 20.2 Å². The number of fused-ring (bicyclic) bond motifs is 1. The SMILES string of the molecule is COCCNCc1ccc2c(NCC=O)nn(C)c(=O)c2c1. The van der Waals surface area contributed by atoms with E-state index in [1.165, 1.54) is 4.68 Å². The van der Waals surface area contributed by atoms with Crippen LogP contribution in [-0.4, -0.2) is 42.9 Å². The average molecular weight is 304 g/mol. The van der Waals surface area contributed by atoms with Gasteiger partial charge in [-0.1, -0.05) is 12.1 Å². The van der Waals surface area contributed by atoms with E-state index in [1.54, 1.807) is 14.2 Å². The van der Waals surface area contributed by atoms with Crippen molar-refractivity contribution in [2.75, 3.05) is 32.1 Å². The predicted molar refractivity (Wildman–Crippen MR) is 85.1 cm³/mol. The number of rotatable bonds is 8. The summed E-state index contributed by atoms with van der Waals surface area (Å²) < 4.78 is 6.25. The zero-order chi connectivity index (χ0) is 15.9. The van der Waals surface area contributed by atoms with Crippen molar-refractivity contribution in [1.29, 1.82) is 0 Å². The second kappa shape index (κ2) is 7.67. The molecule has 22 heavy (non-hydrogen) atoms. The van der Waals surface area contributed by atoms with Gasteiger partial charge >= 0.3 is 0 Å². The molecule has 0 saturated carbocycles. The first-order valence-electron chi connectivity index (χ1n) is 7.04. The molecule has 0 radical (unpaired) electrons. The van der Waals surface area contributed by atoms with Gasteiger partial charge in [-0.15, -0.1) is 0 Å². The van der Waals surface area contributed by atoms with Crippen molar-refractivity contribution in [2.45, 2.75) is 6.54 Å².